The van der Waals surface area contributed by atoms with Crippen molar-refractivity contribution in [3.63, 3.8) is 0 Å². The first-order valence-corrected chi connectivity index (χ1v) is 10.5. The van der Waals surface area contributed by atoms with Crippen LogP contribution in [-0.4, -0.2) is 30.6 Å². The number of Topliss-reactive ketones (excluding diaryl/α,β-unsaturated/α-hetero) is 1. The molecule has 6 nitrogen and oxygen atoms in total. The summed E-state index contributed by atoms with van der Waals surface area (Å²) in [5.41, 5.74) is 1.65. The number of oxazole rings is 1. The van der Waals surface area contributed by atoms with Gasteiger partial charge in [0.15, 0.2) is 17.3 Å². The van der Waals surface area contributed by atoms with E-state index < -0.39 is 6.61 Å². The summed E-state index contributed by atoms with van der Waals surface area (Å²) in [6, 6.07) is 11.6. The van der Waals surface area contributed by atoms with E-state index in [9.17, 15) is 13.6 Å². The molecule has 0 aliphatic carbocycles. The molecule has 0 aliphatic heterocycles. The lowest BCUT2D eigenvalue weighted by atomic mass is 10.0. The predicted molar refractivity (Wildman–Crippen MR) is 119 cm³/mol. The number of aromatic nitrogens is 1. The zero-order valence-corrected chi connectivity index (χ0v) is 18.3. The number of benzene rings is 2. The van der Waals surface area contributed by atoms with Crippen LogP contribution in [0.1, 0.15) is 35.8 Å². The smallest absolute Gasteiger partial charge is 0.387 e. The summed E-state index contributed by atoms with van der Waals surface area (Å²) < 4.78 is 46.5. The molecule has 0 N–H and O–H groups in total. The zero-order chi connectivity index (χ0) is 23.6. The van der Waals surface area contributed by atoms with Crippen molar-refractivity contribution in [2.75, 3.05) is 13.2 Å². The van der Waals surface area contributed by atoms with Crippen molar-refractivity contribution in [3.05, 3.63) is 72.6 Å². The molecule has 0 atom stereocenters. The van der Waals surface area contributed by atoms with Crippen molar-refractivity contribution in [2.24, 2.45) is 0 Å². The number of ether oxygens (including phenoxy) is 3. The number of nitrogens with zero attached hydrogens (tertiary/aromatic N) is 1. The molecule has 0 fully saturated rings. The van der Waals surface area contributed by atoms with Gasteiger partial charge in [-0.05, 0) is 43.7 Å². The van der Waals surface area contributed by atoms with Gasteiger partial charge in [-0.1, -0.05) is 18.2 Å². The van der Waals surface area contributed by atoms with Gasteiger partial charge in [-0.2, -0.15) is 8.78 Å². The third-order valence-electron chi connectivity index (χ3n) is 4.63. The van der Waals surface area contributed by atoms with Crippen molar-refractivity contribution in [3.8, 4) is 28.7 Å². The van der Waals surface area contributed by atoms with E-state index in [1.54, 1.807) is 30.3 Å². The number of rotatable bonds is 13. The lowest BCUT2D eigenvalue weighted by Gasteiger charge is -2.12. The maximum absolute atomic E-state index is 12.7. The quantitative estimate of drug-likeness (QED) is 0.175. The van der Waals surface area contributed by atoms with Crippen LogP contribution in [0.15, 0.2) is 65.8 Å². The predicted octanol–water partition coefficient (Wildman–Crippen LogP) is 6.11. The second-order valence-electron chi connectivity index (χ2n) is 6.96. The molecule has 2 aromatic carbocycles. The fourth-order valence-electron chi connectivity index (χ4n) is 3.11. The second-order valence-corrected chi connectivity index (χ2v) is 6.96. The van der Waals surface area contributed by atoms with Gasteiger partial charge in [0.2, 0.25) is 5.89 Å². The Morgan fingerprint density at radius 3 is 2.73 bits per heavy atom. The Balaban J connectivity index is 1.71. The number of alkyl halides is 2. The Morgan fingerprint density at radius 1 is 1.15 bits per heavy atom. The van der Waals surface area contributed by atoms with E-state index in [0.717, 1.165) is 0 Å². The van der Waals surface area contributed by atoms with Gasteiger partial charge in [-0.25, -0.2) is 4.98 Å². The van der Waals surface area contributed by atoms with Crippen LogP contribution in [0, 0.1) is 0 Å². The first kappa shape index (κ1) is 24.0. The van der Waals surface area contributed by atoms with Crippen molar-refractivity contribution in [2.45, 2.75) is 32.8 Å². The number of para-hydroxylation sites is 1. The zero-order valence-electron chi connectivity index (χ0n) is 18.3. The topological polar surface area (TPSA) is 70.8 Å². The first-order valence-electron chi connectivity index (χ1n) is 10.5. The van der Waals surface area contributed by atoms with Gasteiger partial charge >= 0.3 is 6.61 Å². The van der Waals surface area contributed by atoms with Crippen molar-refractivity contribution in [1.29, 1.82) is 0 Å². The van der Waals surface area contributed by atoms with Crippen LogP contribution in [0.25, 0.3) is 11.5 Å². The van der Waals surface area contributed by atoms with Gasteiger partial charge in [0.05, 0.1) is 24.5 Å². The van der Waals surface area contributed by atoms with Crippen molar-refractivity contribution >= 4 is 5.78 Å². The van der Waals surface area contributed by atoms with Crippen LogP contribution in [0.3, 0.4) is 0 Å². The summed E-state index contributed by atoms with van der Waals surface area (Å²) in [5, 5.41) is 0. The Bertz CT molecular complexity index is 1080. The molecule has 0 spiro atoms. The lowest BCUT2D eigenvalue weighted by Crippen LogP contribution is -2.05. The summed E-state index contributed by atoms with van der Waals surface area (Å²) in [7, 11) is 0. The van der Waals surface area contributed by atoms with E-state index in [1.807, 2.05) is 13.0 Å². The Hall–Kier alpha value is -3.68. The maximum atomic E-state index is 12.7. The maximum Gasteiger partial charge on any atom is 0.387 e. The highest BCUT2D eigenvalue weighted by molar-refractivity contribution is 5.98. The molecule has 0 radical (unpaired) electrons. The minimum atomic E-state index is -2.98. The third kappa shape index (κ3) is 6.65. The highest BCUT2D eigenvalue weighted by Gasteiger charge is 2.16. The molecule has 8 heteroatoms. The average Bonchev–Trinajstić information content (AvgIpc) is 3.28. The van der Waals surface area contributed by atoms with E-state index in [4.69, 9.17) is 13.9 Å². The second kappa shape index (κ2) is 11.8. The number of hydrogen-bond acceptors (Lipinski definition) is 6. The van der Waals surface area contributed by atoms with Crippen LogP contribution in [0.2, 0.25) is 0 Å². The molecule has 33 heavy (non-hydrogen) atoms. The third-order valence-corrected chi connectivity index (χ3v) is 4.63. The first-order chi connectivity index (χ1) is 16.0. The van der Waals surface area contributed by atoms with Crippen LogP contribution in [-0.2, 0) is 6.42 Å². The summed E-state index contributed by atoms with van der Waals surface area (Å²) in [5.74, 6) is 0.848. The molecular weight excluding hydrogens is 432 g/mol. The summed E-state index contributed by atoms with van der Waals surface area (Å²) >= 11 is 0. The van der Waals surface area contributed by atoms with Crippen LogP contribution >= 0.6 is 0 Å². The van der Waals surface area contributed by atoms with Gasteiger partial charge in [0, 0.05) is 18.4 Å². The molecule has 3 rings (SSSR count). The molecule has 3 aromatic rings. The van der Waals surface area contributed by atoms with Gasteiger partial charge in [0.1, 0.15) is 12.0 Å². The molecule has 1 aromatic heterocycles. The average molecular weight is 457 g/mol. The Morgan fingerprint density at radius 2 is 1.97 bits per heavy atom. The van der Waals surface area contributed by atoms with Gasteiger partial charge in [0.25, 0.3) is 0 Å². The van der Waals surface area contributed by atoms with Crippen LogP contribution in [0.5, 0.6) is 17.2 Å². The molecule has 0 saturated carbocycles. The fourth-order valence-corrected chi connectivity index (χ4v) is 3.11. The van der Waals surface area contributed by atoms with Gasteiger partial charge < -0.3 is 18.6 Å². The normalized spacial score (nSPS) is 10.8. The number of hydrogen-bond donors (Lipinski definition) is 0. The summed E-state index contributed by atoms with van der Waals surface area (Å²) in [6.45, 7) is 3.22. The highest BCUT2D eigenvalue weighted by Crippen LogP contribution is 2.34. The summed E-state index contributed by atoms with van der Waals surface area (Å²) in [6.07, 6.45) is 4.28. The van der Waals surface area contributed by atoms with Crippen molar-refractivity contribution in [1.82, 2.24) is 4.98 Å². The Labute approximate surface area is 190 Å². The number of carbonyl (C=O) groups excluding carboxylic acids is 1. The van der Waals surface area contributed by atoms with Crippen molar-refractivity contribution < 1.29 is 32.2 Å². The monoisotopic (exact) mass is 457 g/mol. The van der Waals surface area contributed by atoms with Crippen LogP contribution in [0.4, 0.5) is 8.78 Å². The largest absolute Gasteiger partial charge is 0.493 e. The molecule has 174 valence electrons. The number of ketones is 1. The number of aryl methyl sites for hydroxylation is 1. The van der Waals surface area contributed by atoms with Gasteiger partial charge in [-0.3, -0.25) is 4.79 Å². The minimum absolute atomic E-state index is 0.0602. The molecule has 0 saturated heterocycles. The minimum Gasteiger partial charge on any atom is -0.493 e. The molecule has 0 aliphatic rings. The van der Waals surface area contributed by atoms with Crippen LogP contribution < -0.4 is 14.2 Å². The van der Waals surface area contributed by atoms with E-state index in [2.05, 4.69) is 16.3 Å². The van der Waals surface area contributed by atoms with E-state index >= 15 is 0 Å². The van der Waals surface area contributed by atoms with E-state index in [-0.39, 0.29) is 36.2 Å². The Kier molecular flexibility index (Phi) is 8.57. The standard InChI is InChI=1S/C25H25F2NO5/c1-3-5-14-31-23-15-17(10-13-22(23)33-25(26)27)24-28-18(16-32-24)11-12-20(29)19-8-6-7-9-21(19)30-4-2/h3,6-10,13,15-16,25H,1,4-5,11-12,14H2,2H3. The molecule has 0 unspecified atom stereocenters. The van der Waals surface area contributed by atoms with E-state index in [1.165, 1.54) is 18.4 Å². The molecule has 1 heterocycles. The van der Waals surface area contributed by atoms with Gasteiger partial charge in [-0.15, -0.1) is 6.58 Å². The summed E-state index contributed by atoms with van der Waals surface area (Å²) in [4.78, 5) is 17.1. The van der Waals surface area contributed by atoms with E-state index in [0.29, 0.717) is 42.0 Å². The highest BCUT2D eigenvalue weighted by atomic mass is 19.3. The molecule has 0 amide bonds. The number of carbonyl (C=O) groups is 1. The fraction of sp³-hybridized carbons (Fsp3) is 0.280. The number of halogens is 2. The SMILES string of the molecule is C=CCCOc1cc(-c2nc(CCC(=O)c3ccccc3OCC)co2)ccc1OC(F)F. The molecular formula is C25H25F2NO5. The molecule has 0 bridgehead atoms. The lowest BCUT2D eigenvalue weighted by molar-refractivity contribution is -0.0514.